The molecule has 3 heterocycles. The van der Waals surface area contributed by atoms with Crippen LogP contribution in [0.1, 0.15) is 45.4 Å². The Kier molecular flexibility index (Phi) is 7.23. The number of carbonyl (C=O) groups is 2. The highest BCUT2D eigenvalue weighted by Crippen LogP contribution is 2.72. The summed E-state index contributed by atoms with van der Waals surface area (Å²) in [7, 11) is 0. The van der Waals surface area contributed by atoms with E-state index in [0.717, 1.165) is 39.2 Å². The van der Waals surface area contributed by atoms with Crippen LogP contribution in [0.15, 0.2) is 164 Å². The Morgan fingerprint density at radius 1 is 0.520 bits per heavy atom. The first-order chi connectivity index (χ1) is 24.5. The molecule has 6 heteroatoms. The van der Waals surface area contributed by atoms with E-state index >= 15 is 9.59 Å². The lowest BCUT2D eigenvalue weighted by Gasteiger charge is -2.40. The van der Waals surface area contributed by atoms with Gasteiger partial charge >= 0.3 is 0 Å². The Hall–Kier alpha value is -5.49. The second-order valence-corrected chi connectivity index (χ2v) is 13.7. The Balaban J connectivity index is 1.36. The summed E-state index contributed by atoms with van der Waals surface area (Å²) in [6.45, 7) is 0.689. The molecule has 0 aromatic heterocycles. The topological polar surface area (TPSA) is 49.9 Å². The Labute approximate surface area is 296 Å². The Morgan fingerprint density at radius 3 is 1.60 bits per heavy atom. The molecule has 9 rings (SSSR count). The predicted molar refractivity (Wildman–Crippen MR) is 196 cm³/mol. The number of rotatable bonds is 6. The first-order valence-electron chi connectivity index (χ1n) is 16.9. The molecule has 244 valence electrons. The van der Waals surface area contributed by atoms with Gasteiger partial charge in [-0.3, -0.25) is 9.59 Å². The highest BCUT2D eigenvalue weighted by atomic mass is 35.5. The number of para-hydroxylation sites is 2. The van der Waals surface area contributed by atoms with Crippen molar-refractivity contribution in [2.24, 2.45) is 0 Å². The van der Waals surface area contributed by atoms with Crippen molar-refractivity contribution in [2.45, 2.75) is 36.1 Å². The van der Waals surface area contributed by atoms with Crippen LogP contribution in [0.4, 0.5) is 11.4 Å². The maximum absolute atomic E-state index is 16.0. The van der Waals surface area contributed by atoms with E-state index in [1.807, 2.05) is 161 Å². The number of nitrogens with zero attached hydrogens (tertiary/aromatic N) is 2. The van der Waals surface area contributed by atoms with E-state index in [2.05, 4.69) is 12.1 Å². The van der Waals surface area contributed by atoms with E-state index in [0.29, 0.717) is 23.7 Å². The molecule has 1 saturated heterocycles. The molecule has 0 bridgehead atoms. The molecule has 2 amide bonds. The third kappa shape index (κ3) is 4.30. The number of hydrogen-bond acceptors (Lipinski definition) is 3. The lowest BCUT2D eigenvalue weighted by Crippen LogP contribution is -2.59. The van der Waals surface area contributed by atoms with Gasteiger partial charge in [0.1, 0.15) is 5.41 Å². The molecule has 1 fully saturated rings. The summed E-state index contributed by atoms with van der Waals surface area (Å²) in [6.07, 6.45) is -0.669. The smallest absolute Gasteiger partial charge is 0.265 e. The second-order valence-electron chi connectivity index (χ2n) is 13.3. The normalized spacial score (nSPS) is 23.5. The van der Waals surface area contributed by atoms with Gasteiger partial charge in [0.05, 0.1) is 24.9 Å². The average molecular weight is 673 g/mol. The van der Waals surface area contributed by atoms with Crippen LogP contribution in [-0.4, -0.2) is 11.8 Å². The van der Waals surface area contributed by atoms with Crippen LogP contribution < -0.4 is 9.80 Å². The van der Waals surface area contributed by atoms with Crippen molar-refractivity contribution in [1.82, 2.24) is 0 Å². The second kappa shape index (κ2) is 11.8. The third-order valence-electron chi connectivity index (χ3n) is 10.7. The van der Waals surface area contributed by atoms with E-state index in [-0.39, 0.29) is 11.8 Å². The Bertz CT molecular complexity index is 2230. The van der Waals surface area contributed by atoms with Gasteiger partial charge in [-0.25, -0.2) is 0 Å². The maximum Gasteiger partial charge on any atom is 0.265 e. The maximum atomic E-state index is 16.0. The van der Waals surface area contributed by atoms with E-state index in [1.165, 1.54) is 0 Å². The first-order valence-corrected chi connectivity index (χ1v) is 17.3. The zero-order valence-electron chi connectivity index (χ0n) is 27.2. The van der Waals surface area contributed by atoms with Gasteiger partial charge in [-0.15, -0.1) is 0 Å². The number of anilines is 2. The van der Waals surface area contributed by atoms with Gasteiger partial charge in [-0.1, -0.05) is 151 Å². The molecule has 0 N–H and O–H groups in total. The summed E-state index contributed by atoms with van der Waals surface area (Å²) in [6, 6.07) is 53.4. The van der Waals surface area contributed by atoms with Gasteiger partial charge in [0.25, 0.3) is 5.91 Å². The van der Waals surface area contributed by atoms with Crippen LogP contribution in [0, 0.1) is 0 Å². The van der Waals surface area contributed by atoms with Gasteiger partial charge < -0.3 is 14.5 Å². The number of ether oxygens (including phenoxy) is 1. The molecular weight excluding hydrogens is 640 g/mol. The van der Waals surface area contributed by atoms with Crippen LogP contribution in [-0.2, 0) is 38.4 Å². The fourth-order valence-electron chi connectivity index (χ4n) is 8.68. The molecule has 0 saturated carbocycles. The van der Waals surface area contributed by atoms with Crippen LogP contribution in [0.5, 0.6) is 0 Å². The van der Waals surface area contributed by atoms with Gasteiger partial charge in [0.2, 0.25) is 5.91 Å². The number of hydrogen-bond donors (Lipinski definition) is 0. The van der Waals surface area contributed by atoms with Gasteiger partial charge in [0.15, 0.2) is 5.60 Å². The van der Waals surface area contributed by atoms with Crippen LogP contribution >= 0.6 is 11.6 Å². The van der Waals surface area contributed by atoms with Crippen LogP contribution in [0.25, 0.3) is 0 Å². The molecule has 0 unspecified atom stereocenters. The van der Waals surface area contributed by atoms with Crippen molar-refractivity contribution < 1.29 is 14.3 Å². The molecule has 4 atom stereocenters. The molecule has 3 aliphatic heterocycles. The van der Waals surface area contributed by atoms with Crippen molar-refractivity contribution >= 4 is 34.8 Å². The number of benzene rings is 6. The lowest BCUT2D eigenvalue weighted by molar-refractivity contribution is -0.153. The number of carbonyl (C=O) groups excluding carboxylic acids is 2. The van der Waals surface area contributed by atoms with Crippen molar-refractivity contribution in [3.05, 3.63) is 202 Å². The molecule has 0 aliphatic carbocycles. The van der Waals surface area contributed by atoms with E-state index < -0.39 is 23.0 Å². The fourth-order valence-corrected chi connectivity index (χ4v) is 8.80. The quantitative estimate of drug-likeness (QED) is 0.177. The molecule has 6 aromatic rings. The minimum absolute atomic E-state index is 0.155. The molecule has 2 spiro atoms. The van der Waals surface area contributed by atoms with Crippen molar-refractivity contribution in [3.63, 3.8) is 0 Å². The zero-order valence-corrected chi connectivity index (χ0v) is 27.9. The highest BCUT2D eigenvalue weighted by molar-refractivity contribution is 6.30. The molecule has 6 aromatic carbocycles. The first kappa shape index (κ1) is 30.6. The summed E-state index contributed by atoms with van der Waals surface area (Å²) in [5.41, 5.74) is 3.60. The molecule has 5 nitrogen and oxygen atoms in total. The predicted octanol–water partition coefficient (Wildman–Crippen LogP) is 9.12. The monoisotopic (exact) mass is 672 g/mol. The molecular formula is C44H33ClN2O3. The third-order valence-corrected chi connectivity index (χ3v) is 10.9. The lowest BCUT2D eigenvalue weighted by atomic mass is 9.57. The van der Waals surface area contributed by atoms with Crippen molar-refractivity contribution in [3.8, 4) is 0 Å². The van der Waals surface area contributed by atoms with Gasteiger partial charge in [-0.2, -0.15) is 0 Å². The minimum atomic E-state index is -1.69. The van der Waals surface area contributed by atoms with E-state index in [1.54, 1.807) is 0 Å². The van der Waals surface area contributed by atoms with Crippen molar-refractivity contribution in [1.29, 1.82) is 0 Å². The number of halogens is 1. The van der Waals surface area contributed by atoms with Crippen molar-refractivity contribution in [2.75, 3.05) is 9.80 Å². The van der Waals surface area contributed by atoms with E-state index in [9.17, 15) is 0 Å². The molecule has 50 heavy (non-hydrogen) atoms. The largest absolute Gasteiger partial charge is 0.350 e. The molecule has 3 aliphatic rings. The Morgan fingerprint density at radius 2 is 1.00 bits per heavy atom. The zero-order chi connectivity index (χ0) is 33.9. The summed E-state index contributed by atoms with van der Waals surface area (Å²) in [5.74, 6) is -0.977. The number of fused-ring (bicyclic) bond motifs is 5. The average Bonchev–Trinajstić information content (AvgIpc) is 3.71. The van der Waals surface area contributed by atoms with Gasteiger partial charge in [0, 0.05) is 22.2 Å². The van der Waals surface area contributed by atoms with Crippen LogP contribution in [0.2, 0.25) is 5.02 Å². The standard InChI is InChI=1S/C44H33ClN2O3/c45-34-26-24-33(25-27-34)40-39(32-18-8-3-9-19-32)43(35-20-10-12-22-37(35)46(41(43)48)28-30-14-4-1-5-15-30)44(50-40)36-21-11-13-23-38(36)47(42(44)49)29-31-16-6-2-7-17-31/h1-27,39-40H,28-29H2/t39-,40-,43-,44-/m1/s1. The van der Waals surface area contributed by atoms with E-state index in [4.69, 9.17) is 16.3 Å². The highest BCUT2D eigenvalue weighted by Gasteiger charge is 2.80. The summed E-state index contributed by atoms with van der Waals surface area (Å²) >= 11 is 6.42. The summed E-state index contributed by atoms with van der Waals surface area (Å²) in [4.78, 5) is 35.5. The number of amides is 2. The molecule has 0 radical (unpaired) electrons. The fraction of sp³-hybridized carbons (Fsp3) is 0.136. The van der Waals surface area contributed by atoms with Gasteiger partial charge in [-0.05, 0) is 52.1 Å². The minimum Gasteiger partial charge on any atom is -0.350 e. The SMILES string of the molecule is O=C1N(Cc2ccccc2)c2ccccc2[C@@]12O[C@H](c1ccc(Cl)cc1)[C@@H](c1ccccc1)[C@]21C(=O)N(Cc2ccccc2)c2ccccc21. The summed E-state index contributed by atoms with van der Waals surface area (Å²) < 4.78 is 7.49. The summed E-state index contributed by atoms with van der Waals surface area (Å²) in [5, 5.41) is 0.597. The van der Waals surface area contributed by atoms with Crippen LogP contribution in [0.3, 0.4) is 0 Å².